The lowest BCUT2D eigenvalue weighted by Crippen LogP contribution is -2.21. The Kier molecular flexibility index (Phi) is 8.36. The maximum atomic E-state index is 13.5. The molecule has 0 spiro atoms. The molecule has 1 heterocycles. The summed E-state index contributed by atoms with van der Waals surface area (Å²) >= 11 is 0. The summed E-state index contributed by atoms with van der Waals surface area (Å²) in [5, 5.41) is 34.0. The van der Waals surface area contributed by atoms with E-state index >= 15 is 0 Å². The van der Waals surface area contributed by atoms with Gasteiger partial charge in [-0.1, -0.05) is 44.2 Å². The second-order valence-corrected chi connectivity index (χ2v) is 8.70. The Labute approximate surface area is 193 Å². The third-order valence-corrected chi connectivity index (χ3v) is 5.62. The molecule has 0 saturated carbocycles. The molecule has 0 radical (unpaired) electrons. The molecular formula is C26H31FN2O4. The van der Waals surface area contributed by atoms with Crippen LogP contribution < -0.4 is 0 Å². The predicted octanol–water partition coefficient (Wildman–Crippen LogP) is 4.38. The molecule has 0 aliphatic carbocycles. The molecule has 0 aliphatic heterocycles. The Morgan fingerprint density at radius 3 is 2.30 bits per heavy atom. The van der Waals surface area contributed by atoms with Crippen LogP contribution in [-0.4, -0.2) is 43.3 Å². The molecule has 2 aromatic carbocycles. The largest absolute Gasteiger partial charge is 0.481 e. The summed E-state index contributed by atoms with van der Waals surface area (Å²) in [5.41, 5.74) is 4.65. The summed E-state index contributed by atoms with van der Waals surface area (Å²) < 4.78 is 15.5. The Morgan fingerprint density at radius 1 is 1.03 bits per heavy atom. The van der Waals surface area contributed by atoms with Crippen molar-refractivity contribution in [3.8, 4) is 11.3 Å². The lowest BCUT2D eigenvalue weighted by atomic mass is 9.94. The summed E-state index contributed by atoms with van der Waals surface area (Å²) in [6.07, 6.45) is -1.51. The fourth-order valence-corrected chi connectivity index (χ4v) is 4.15. The monoisotopic (exact) mass is 454 g/mol. The third-order valence-electron chi connectivity index (χ3n) is 5.62. The highest BCUT2D eigenvalue weighted by Crippen LogP contribution is 2.32. The molecule has 2 unspecified atom stereocenters. The van der Waals surface area contributed by atoms with Crippen molar-refractivity contribution in [3.63, 3.8) is 0 Å². The number of nitrogens with zero attached hydrogens (tertiary/aromatic N) is 2. The zero-order valence-corrected chi connectivity index (χ0v) is 19.0. The average Bonchev–Trinajstić information content (AvgIpc) is 3.11. The summed E-state index contributed by atoms with van der Waals surface area (Å²) in [4.78, 5) is 10.8. The van der Waals surface area contributed by atoms with Gasteiger partial charge in [-0.25, -0.2) is 4.39 Å². The van der Waals surface area contributed by atoms with Gasteiger partial charge >= 0.3 is 5.97 Å². The van der Waals surface area contributed by atoms with Crippen LogP contribution in [0.2, 0.25) is 0 Å². The van der Waals surface area contributed by atoms with Crippen LogP contribution in [0, 0.1) is 5.82 Å². The van der Waals surface area contributed by atoms with Crippen LogP contribution >= 0.6 is 0 Å². The van der Waals surface area contributed by atoms with Crippen LogP contribution in [0.15, 0.2) is 54.6 Å². The molecule has 0 aliphatic rings. The lowest BCUT2D eigenvalue weighted by molar-refractivity contribution is -0.139. The van der Waals surface area contributed by atoms with Crippen LogP contribution in [0.1, 0.15) is 55.8 Å². The van der Waals surface area contributed by atoms with Gasteiger partial charge in [-0.15, -0.1) is 0 Å². The Morgan fingerprint density at radius 2 is 1.70 bits per heavy atom. The number of rotatable bonds is 11. The molecule has 0 fully saturated rings. The second-order valence-electron chi connectivity index (χ2n) is 8.70. The van der Waals surface area contributed by atoms with Crippen LogP contribution in [0.3, 0.4) is 0 Å². The number of carbonyl (C=O) groups is 1. The number of carboxylic acid groups (broad SMARTS) is 1. The number of hydrogen-bond acceptors (Lipinski definition) is 4. The van der Waals surface area contributed by atoms with Gasteiger partial charge in [0.25, 0.3) is 0 Å². The molecule has 3 aromatic rings. The highest BCUT2D eigenvalue weighted by atomic mass is 19.1. The summed E-state index contributed by atoms with van der Waals surface area (Å²) in [6, 6.07) is 16.2. The molecule has 0 bridgehead atoms. The quantitative estimate of drug-likeness (QED) is 0.400. The van der Waals surface area contributed by atoms with E-state index in [4.69, 9.17) is 10.2 Å². The van der Waals surface area contributed by atoms with E-state index in [1.807, 2.05) is 35.0 Å². The van der Waals surface area contributed by atoms with Gasteiger partial charge in [-0.05, 0) is 55.0 Å². The Hall–Kier alpha value is -3.03. The highest BCUT2D eigenvalue weighted by molar-refractivity contribution is 5.67. The smallest absolute Gasteiger partial charge is 0.305 e. The molecule has 3 N–H and O–H groups in total. The van der Waals surface area contributed by atoms with E-state index in [1.165, 1.54) is 12.1 Å². The maximum absolute atomic E-state index is 13.5. The standard InChI is InChI=1S/C26H31FN2O4/c1-17(2)26-23(13-12-21(30)14-22(31)15-24(32)33)25(19-8-10-20(27)11-9-19)28-29(26)16-18-6-4-3-5-7-18/h3-11,17,21-22,30-31H,12-16H2,1-2H3,(H,32,33). The number of benzene rings is 2. The summed E-state index contributed by atoms with van der Waals surface area (Å²) in [7, 11) is 0. The number of aromatic nitrogens is 2. The number of hydrogen-bond donors (Lipinski definition) is 3. The second kappa shape index (κ2) is 11.2. The van der Waals surface area contributed by atoms with Crippen molar-refractivity contribution in [3.05, 3.63) is 77.2 Å². The van der Waals surface area contributed by atoms with Gasteiger partial charge in [0, 0.05) is 16.8 Å². The van der Waals surface area contributed by atoms with Crippen molar-refractivity contribution < 1.29 is 24.5 Å². The Balaban J connectivity index is 1.93. The molecule has 0 amide bonds. The first-order chi connectivity index (χ1) is 15.7. The van der Waals surface area contributed by atoms with Gasteiger partial charge in [0.1, 0.15) is 5.82 Å². The van der Waals surface area contributed by atoms with Gasteiger partial charge in [-0.2, -0.15) is 5.10 Å². The van der Waals surface area contributed by atoms with E-state index in [2.05, 4.69) is 13.8 Å². The minimum absolute atomic E-state index is 0.00660. The zero-order chi connectivity index (χ0) is 24.0. The van der Waals surface area contributed by atoms with Gasteiger partial charge in [0.05, 0.1) is 30.9 Å². The van der Waals surface area contributed by atoms with Crippen LogP contribution in [0.5, 0.6) is 0 Å². The average molecular weight is 455 g/mol. The van der Waals surface area contributed by atoms with Crippen molar-refractivity contribution in [1.82, 2.24) is 9.78 Å². The summed E-state index contributed by atoms with van der Waals surface area (Å²) in [5.74, 6) is -1.27. The first-order valence-electron chi connectivity index (χ1n) is 11.2. The van der Waals surface area contributed by atoms with Crippen LogP contribution in [0.4, 0.5) is 4.39 Å². The normalized spacial score (nSPS) is 13.3. The first-order valence-corrected chi connectivity index (χ1v) is 11.2. The number of halogens is 1. The lowest BCUT2D eigenvalue weighted by Gasteiger charge is -2.16. The van der Waals surface area contributed by atoms with E-state index in [-0.39, 0.29) is 18.2 Å². The van der Waals surface area contributed by atoms with Gasteiger partial charge < -0.3 is 15.3 Å². The molecule has 33 heavy (non-hydrogen) atoms. The van der Waals surface area contributed by atoms with Crippen molar-refractivity contribution in [2.45, 2.75) is 64.2 Å². The van der Waals surface area contributed by atoms with Crippen LogP contribution in [0.25, 0.3) is 11.3 Å². The Bertz CT molecular complexity index is 1050. The SMILES string of the molecule is CC(C)c1c(CCC(O)CC(O)CC(=O)O)c(-c2ccc(F)cc2)nn1Cc1ccccc1. The van der Waals surface area contributed by atoms with Crippen molar-refractivity contribution in [2.75, 3.05) is 0 Å². The molecule has 6 nitrogen and oxygen atoms in total. The number of carboxylic acids is 1. The van der Waals surface area contributed by atoms with E-state index in [0.717, 1.165) is 28.1 Å². The van der Waals surface area contributed by atoms with Gasteiger partial charge in [0.15, 0.2) is 0 Å². The predicted molar refractivity (Wildman–Crippen MR) is 124 cm³/mol. The van der Waals surface area contributed by atoms with E-state index in [1.54, 1.807) is 12.1 Å². The molecule has 2 atom stereocenters. The number of aliphatic carboxylic acids is 1. The van der Waals surface area contributed by atoms with E-state index in [9.17, 15) is 19.4 Å². The van der Waals surface area contributed by atoms with Crippen LogP contribution in [-0.2, 0) is 17.8 Å². The zero-order valence-electron chi connectivity index (χ0n) is 19.0. The molecular weight excluding hydrogens is 423 g/mol. The molecule has 1 aromatic heterocycles. The maximum Gasteiger partial charge on any atom is 0.305 e. The fraction of sp³-hybridized carbons (Fsp3) is 0.385. The van der Waals surface area contributed by atoms with Crippen molar-refractivity contribution in [2.24, 2.45) is 0 Å². The van der Waals surface area contributed by atoms with E-state index < -0.39 is 24.6 Å². The molecule has 176 valence electrons. The number of aliphatic hydroxyl groups is 2. The molecule has 3 rings (SSSR count). The molecule has 7 heteroatoms. The summed E-state index contributed by atoms with van der Waals surface area (Å²) in [6.45, 7) is 4.76. The minimum atomic E-state index is -1.10. The van der Waals surface area contributed by atoms with Gasteiger partial charge in [-0.3, -0.25) is 9.48 Å². The topological polar surface area (TPSA) is 95.6 Å². The van der Waals surface area contributed by atoms with Crippen molar-refractivity contribution >= 4 is 5.97 Å². The van der Waals surface area contributed by atoms with Gasteiger partial charge in [0.2, 0.25) is 0 Å². The third kappa shape index (κ3) is 6.73. The van der Waals surface area contributed by atoms with Crippen molar-refractivity contribution in [1.29, 1.82) is 0 Å². The molecule has 0 saturated heterocycles. The first kappa shape index (κ1) is 24.6. The minimum Gasteiger partial charge on any atom is -0.481 e. The highest BCUT2D eigenvalue weighted by Gasteiger charge is 2.23. The fourth-order valence-electron chi connectivity index (χ4n) is 4.15. The van der Waals surface area contributed by atoms with E-state index in [0.29, 0.717) is 19.4 Å². The number of aliphatic hydroxyl groups excluding tert-OH is 2.